The molecule has 2 aromatic rings. The lowest BCUT2D eigenvalue weighted by atomic mass is 9.97. The van der Waals surface area contributed by atoms with E-state index in [2.05, 4.69) is 29.6 Å². The number of carboxylic acid groups (broad SMARTS) is 1. The van der Waals surface area contributed by atoms with Gasteiger partial charge in [0.2, 0.25) is 5.91 Å². The topological polar surface area (TPSA) is 114 Å². The lowest BCUT2D eigenvalue weighted by Crippen LogP contribution is -2.16. The summed E-state index contributed by atoms with van der Waals surface area (Å²) in [5.74, 6) is 3.06. The number of carbonyl (C=O) groups excluding carboxylic acids is 2. The van der Waals surface area contributed by atoms with E-state index in [-0.39, 0.29) is 24.0 Å². The molecule has 1 atom stereocenters. The molecule has 260 valence electrons. The van der Waals surface area contributed by atoms with Gasteiger partial charge in [0.25, 0.3) is 0 Å². The van der Waals surface area contributed by atoms with Crippen LogP contribution in [0.3, 0.4) is 0 Å². The van der Waals surface area contributed by atoms with Crippen molar-refractivity contribution in [3.05, 3.63) is 89.9 Å². The Morgan fingerprint density at radius 3 is 2.33 bits per heavy atom. The van der Waals surface area contributed by atoms with Crippen molar-refractivity contribution in [2.75, 3.05) is 31.8 Å². The number of rotatable bonds is 21. The summed E-state index contributed by atoms with van der Waals surface area (Å²) in [5.41, 5.74) is 2.85. The largest absolute Gasteiger partial charge is 0.497 e. The van der Waals surface area contributed by atoms with Gasteiger partial charge in [-0.3, -0.25) is 9.59 Å². The number of unbranched alkanes of at least 4 members (excludes halogenated alkanes) is 1. The summed E-state index contributed by atoms with van der Waals surface area (Å²) in [4.78, 5) is 34.2. The second-order valence-electron chi connectivity index (χ2n) is 11.0. The molecule has 2 aromatic carbocycles. The molecule has 0 aromatic heterocycles. The summed E-state index contributed by atoms with van der Waals surface area (Å²) in [6.07, 6.45) is 20.4. The van der Waals surface area contributed by atoms with Gasteiger partial charge in [0, 0.05) is 47.7 Å². The van der Waals surface area contributed by atoms with Crippen LogP contribution in [0.25, 0.3) is 0 Å². The summed E-state index contributed by atoms with van der Waals surface area (Å²) in [6.45, 7) is 7.03. The minimum atomic E-state index is -0.875. The molecule has 1 unspecified atom stereocenters. The number of ether oxygens (including phenoxy) is 2. The number of benzene rings is 2. The molecule has 8 nitrogen and oxygen atoms in total. The zero-order valence-corrected chi connectivity index (χ0v) is 29.9. The van der Waals surface area contributed by atoms with Crippen LogP contribution in [0.1, 0.15) is 71.3 Å². The van der Waals surface area contributed by atoms with E-state index < -0.39 is 5.97 Å². The van der Waals surface area contributed by atoms with E-state index in [9.17, 15) is 14.4 Å². The summed E-state index contributed by atoms with van der Waals surface area (Å²) in [5, 5.41) is 15.1. The molecular weight excluding hydrogens is 625 g/mol. The number of hydrogen-bond acceptors (Lipinski definition) is 7. The Morgan fingerprint density at radius 2 is 1.77 bits per heavy atom. The Morgan fingerprint density at radius 1 is 1.06 bits per heavy atom. The highest BCUT2D eigenvalue weighted by Crippen LogP contribution is 2.18. The molecule has 0 aliphatic rings. The average molecular weight is 677 g/mol. The highest BCUT2D eigenvalue weighted by atomic mass is 32.2. The Kier molecular flexibility index (Phi) is 22.2. The van der Waals surface area contributed by atoms with Crippen LogP contribution < -0.4 is 15.4 Å². The van der Waals surface area contributed by atoms with Crippen LogP contribution >= 0.6 is 11.8 Å². The normalized spacial score (nSPS) is 11.9. The highest BCUT2D eigenvalue weighted by molar-refractivity contribution is 7.98. The van der Waals surface area contributed by atoms with Crippen molar-refractivity contribution in [1.29, 1.82) is 0 Å². The van der Waals surface area contributed by atoms with Gasteiger partial charge in [0.15, 0.2) is 0 Å². The van der Waals surface area contributed by atoms with Gasteiger partial charge >= 0.3 is 5.97 Å². The van der Waals surface area contributed by atoms with Crippen molar-refractivity contribution in [2.45, 2.75) is 77.0 Å². The molecule has 0 aliphatic carbocycles. The molecular formula is C39H52N2O6S. The smallest absolute Gasteiger partial charge is 0.304 e. The zero-order chi connectivity index (χ0) is 35.6. The monoisotopic (exact) mass is 676 g/mol. The van der Waals surface area contributed by atoms with E-state index >= 15 is 0 Å². The number of aliphatic carboxylic acids is 1. The SMILES string of the molecule is C#CC(CC(=O)O)Cc1ccc(OCCCNC(=C\CCC)/C=C(\C=C/C)OC)cc1.CSc1ccc(NC(=O)CCCC(C)=O)cc1. The molecule has 0 spiro atoms. The molecule has 0 bridgehead atoms. The molecule has 0 saturated carbocycles. The minimum Gasteiger partial charge on any atom is -0.497 e. The van der Waals surface area contributed by atoms with Crippen molar-refractivity contribution in [3.63, 3.8) is 0 Å². The number of carbonyl (C=O) groups is 3. The number of ketones is 1. The van der Waals surface area contributed by atoms with Gasteiger partial charge in [-0.1, -0.05) is 37.6 Å². The van der Waals surface area contributed by atoms with Gasteiger partial charge in [0.1, 0.15) is 17.3 Å². The number of methoxy groups -OCH3 is 1. The third-order valence-electron chi connectivity index (χ3n) is 6.80. The number of allylic oxidation sites excluding steroid dienone is 4. The van der Waals surface area contributed by atoms with Crippen LogP contribution in [0, 0.1) is 18.3 Å². The maximum absolute atomic E-state index is 11.5. The van der Waals surface area contributed by atoms with Gasteiger partial charge in [-0.15, -0.1) is 24.1 Å². The van der Waals surface area contributed by atoms with Gasteiger partial charge in [-0.2, -0.15) is 0 Å². The lowest BCUT2D eigenvalue weighted by Gasteiger charge is -2.11. The van der Waals surface area contributed by atoms with E-state index in [1.807, 2.05) is 79.9 Å². The number of carboxylic acids is 1. The number of hydrogen-bond donors (Lipinski definition) is 3. The quantitative estimate of drug-likeness (QED) is 0.0399. The number of terminal acetylenes is 1. The number of thioether (sulfide) groups is 1. The number of amides is 1. The van der Waals surface area contributed by atoms with Crippen LogP contribution in [0.2, 0.25) is 0 Å². The molecule has 48 heavy (non-hydrogen) atoms. The number of Topliss-reactive ketones (excluding diaryl/α,β-unsaturated/α-hetero) is 1. The van der Waals surface area contributed by atoms with Gasteiger partial charge in [0.05, 0.1) is 20.1 Å². The fourth-order valence-corrected chi connectivity index (χ4v) is 4.68. The zero-order valence-electron chi connectivity index (χ0n) is 29.1. The molecule has 0 saturated heterocycles. The number of anilines is 1. The first-order valence-corrected chi connectivity index (χ1v) is 17.5. The second-order valence-corrected chi connectivity index (χ2v) is 11.8. The third kappa shape index (κ3) is 20.0. The standard InChI is InChI=1S/C26H35NO4.C13H17NO2S/c1-5-8-11-23(20-25(30-4)10-6-2)27-16-9-17-31-24-14-12-22(13-15-24)18-21(7-3)19-26(28)29;1-10(15)4-3-5-13(16)14-11-6-8-12(17-2)9-7-11/h3,6,10-15,20-21,27H,5,8-9,16-19H2,1-2,4H3,(H,28,29);6-9H,3-5H2,1-2H3,(H,14,16)/b10-6-,23-11-,25-20+;. The van der Waals surface area contributed by atoms with E-state index in [0.29, 0.717) is 32.3 Å². The maximum Gasteiger partial charge on any atom is 0.304 e. The second kappa shape index (κ2) is 25.6. The highest BCUT2D eigenvalue weighted by Gasteiger charge is 2.11. The fourth-order valence-electron chi connectivity index (χ4n) is 4.27. The fraction of sp³-hybridized carbons (Fsp3) is 0.410. The van der Waals surface area contributed by atoms with Crippen molar-refractivity contribution in [1.82, 2.24) is 5.32 Å². The van der Waals surface area contributed by atoms with Crippen molar-refractivity contribution >= 4 is 35.1 Å². The molecule has 1 amide bonds. The van der Waals surface area contributed by atoms with Gasteiger partial charge in [-0.25, -0.2) is 0 Å². The van der Waals surface area contributed by atoms with Crippen LogP contribution in [-0.2, 0) is 25.5 Å². The van der Waals surface area contributed by atoms with E-state index in [0.717, 1.165) is 54.3 Å². The van der Waals surface area contributed by atoms with Crippen molar-refractivity contribution in [2.24, 2.45) is 5.92 Å². The summed E-state index contributed by atoms with van der Waals surface area (Å²) in [6, 6.07) is 15.4. The molecule has 3 N–H and O–H groups in total. The van der Waals surface area contributed by atoms with Crippen LogP contribution in [0.4, 0.5) is 5.69 Å². The summed E-state index contributed by atoms with van der Waals surface area (Å²) >= 11 is 1.66. The first-order valence-electron chi connectivity index (χ1n) is 16.3. The van der Waals surface area contributed by atoms with Crippen LogP contribution in [0.15, 0.2) is 89.2 Å². The first-order chi connectivity index (χ1) is 23.1. The van der Waals surface area contributed by atoms with Crippen molar-refractivity contribution < 1.29 is 29.0 Å². The lowest BCUT2D eigenvalue weighted by molar-refractivity contribution is -0.137. The van der Waals surface area contributed by atoms with Crippen LogP contribution in [-0.4, -0.2) is 49.3 Å². The Hall–Kier alpha value is -4.42. The maximum atomic E-state index is 11.5. The van der Waals surface area contributed by atoms with Gasteiger partial charge in [-0.05, 0) is 93.8 Å². The predicted molar refractivity (Wildman–Crippen MR) is 197 cm³/mol. The van der Waals surface area contributed by atoms with E-state index in [1.54, 1.807) is 25.8 Å². The first kappa shape index (κ1) is 41.6. The van der Waals surface area contributed by atoms with E-state index in [1.165, 1.54) is 4.90 Å². The Balaban J connectivity index is 0.000000569. The molecule has 0 heterocycles. The summed E-state index contributed by atoms with van der Waals surface area (Å²) in [7, 11) is 1.67. The molecule has 9 heteroatoms. The van der Waals surface area contributed by atoms with Crippen molar-refractivity contribution in [3.8, 4) is 18.1 Å². The number of nitrogens with one attached hydrogen (secondary N) is 2. The van der Waals surface area contributed by atoms with Gasteiger partial charge < -0.3 is 30.0 Å². The average Bonchev–Trinajstić information content (AvgIpc) is 3.07. The predicted octanol–water partition coefficient (Wildman–Crippen LogP) is 8.21. The summed E-state index contributed by atoms with van der Waals surface area (Å²) < 4.78 is 11.2. The Bertz CT molecular complexity index is 1370. The molecule has 0 radical (unpaired) electrons. The van der Waals surface area contributed by atoms with E-state index in [4.69, 9.17) is 21.0 Å². The third-order valence-corrected chi connectivity index (χ3v) is 7.55. The molecule has 2 rings (SSSR count). The minimum absolute atomic E-state index is 0.0216. The van der Waals surface area contributed by atoms with Crippen LogP contribution in [0.5, 0.6) is 5.75 Å². The Labute approximate surface area is 291 Å². The molecule has 0 fully saturated rings. The molecule has 0 aliphatic heterocycles.